The minimum atomic E-state index is -0.167. The Morgan fingerprint density at radius 3 is 2.40 bits per heavy atom. The molecule has 5 nitrogen and oxygen atoms in total. The first kappa shape index (κ1) is 14.4. The Balaban J connectivity index is 1.65. The van der Waals surface area contributed by atoms with Crippen molar-refractivity contribution < 1.29 is 9.59 Å². The molecule has 0 aliphatic carbocycles. The van der Waals surface area contributed by atoms with Crippen molar-refractivity contribution in [3.8, 4) is 0 Å². The normalized spacial score (nSPS) is 14.7. The fourth-order valence-corrected chi connectivity index (χ4v) is 2.22. The lowest BCUT2D eigenvalue weighted by molar-refractivity contribution is -0.120. The number of carbonyl (C=O) groups excluding carboxylic acids is 2. The van der Waals surface area contributed by atoms with E-state index in [9.17, 15) is 9.59 Å². The van der Waals surface area contributed by atoms with Gasteiger partial charge in [-0.2, -0.15) is 0 Å². The predicted octanol–water partition coefficient (Wildman–Crippen LogP) is 1.50. The lowest BCUT2D eigenvalue weighted by Crippen LogP contribution is -2.46. The van der Waals surface area contributed by atoms with Gasteiger partial charge in [0.25, 0.3) is 0 Å². The minimum absolute atomic E-state index is 0.0299. The van der Waals surface area contributed by atoms with Crippen molar-refractivity contribution in [2.75, 3.05) is 19.6 Å². The van der Waals surface area contributed by atoms with Crippen LogP contribution in [0.25, 0.3) is 0 Å². The number of carbonyl (C=O) groups is 2. The monoisotopic (exact) mass is 275 g/mol. The fourth-order valence-electron chi connectivity index (χ4n) is 2.22. The molecule has 0 atom stereocenters. The molecule has 0 saturated carbocycles. The van der Waals surface area contributed by atoms with Crippen LogP contribution in [0.15, 0.2) is 30.3 Å². The molecule has 1 heterocycles. The molecule has 0 radical (unpaired) electrons. The van der Waals surface area contributed by atoms with E-state index in [0.29, 0.717) is 6.54 Å². The SMILES string of the molecule is O=C(CNC(=O)N1CCCCC1)NCc1ccccc1. The van der Waals surface area contributed by atoms with Crippen LogP contribution in [0.5, 0.6) is 0 Å². The highest BCUT2D eigenvalue weighted by Gasteiger charge is 2.16. The molecule has 1 aromatic rings. The third-order valence-electron chi connectivity index (χ3n) is 3.38. The van der Waals surface area contributed by atoms with E-state index in [4.69, 9.17) is 0 Å². The van der Waals surface area contributed by atoms with Crippen LogP contribution >= 0.6 is 0 Å². The van der Waals surface area contributed by atoms with Gasteiger partial charge in [-0.1, -0.05) is 30.3 Å². The van der Waals surface area contributed by atoms with Crippen molar-refractivity contribution >= 4 is 11.9 Å². The van der Waals surface area contributed by atoms with Crippen LogP contribution in [-0.4, -0.2) is 36.5 Å². The van der Waals surface area contributed by atoms with Gasteiger partial charge in [-0.25, -0.2) is 4.79 Å². The molecule has 1 aliphatic heterocycles. The number of nitrogens with zero attached hydrogens (tertiary/aromatic N) is 1. The van der Waals surface area contributed by atoms with E-state index < -0.39 is 0 Å². The summed E-state index contributed by atoms with van der Waals surface area (Å²) in [6.07, 6.45) is 3.28. The average molecular weight is 275 g/mol. The highest BCUT2D eigenvalue weighted by Crippen LogP contribution is 2.08. The third-order valence-corrected chi connectivity index (χ3v) is 3.38. The van der Waals surface area contributed by atoms with Gasteiger partial charge in [0.1, 0.15) is 0 Å². The first-order chi connectivity index (χ1) is 9.75. The summed E-state index contributed by atoms with van der Waals surface area (Å²) in [4.78, 5) is 25.2. The van der Waals surface area contributed by atoms with Gasteiger partial charge < -0.3 is 15.5 Å². The van der Waals surface area contributed by atoms with Gasteiger partial charge >= 0.3 is 6.03 Å². The summed E-state index contributed by atoms with van der Waals surface area (Å²) in [6.45, 7) is 2.09. The number of nitrogens with one attached hydrogen (secondary N) is 2. The van der Waals surface area contributed by atoms with Crippen molar-refractivity contribution in [1.82, 2.24) is 15.5 Å². The van der Waals surface area contributed by atoms with E-state index in [1.165, 1.54) is 6.42 Å². The zero-order chi connectivity index (χ0) is 14.2. The lowest BCUT2D eigenvalue weighted by atomic mass is 10.1. The molecular weight excluding hydrogens is 254 g/mol. The number of likely N-dealkylation sites (tertiary alicyclic amines) is 1. The Morgan fingerprint density at radius 2 is 1.70 bits per heavy atom. The molecule has 0 unspecified atom stereocenters. The van der Waals surface area contributed by atoms with Crippen LogP contribution in [-0.2, 0) is 11.3 Å². The largest absolute Gasteiger partial charge is 0.350 e. The van der Waals surface area contributed by atoms with Crippen molar-refractivity contribution in [2.24, 2.45) is 0 Å². The van der Waals surface area contributed by atoms with Gasteiger partial charge in [-0.3, -0.25) is 4.79 Å². The van der Waals surface area contributed by atoms with Crippen LogP contribution < -0.4 is 10.6 Å². The van der Waals surface area contributed by atoms with Gasteiger partial charge in [0, 0.05) is 19.6 Å². The maximum atomic E-state index is 11.8. The molecule has 2 rings (SSSR count). The van der Waals surface area contributed by atoms with Crippen molar-refractivity contribution in [1.29, 1.82) is 0 Å². The quantitative estimate of drug-likeness (QED) is 0.874. The molecule has 0 aromatic heterocycles. The van der Waals surface area contributed by atoms with Gasteiger partial charge in [0.05, 0.1) is 6.54 Å². The van der Waals surface area contributed by atoms with Crippen LogP contribution in [0.2, 0.25) is 0 Å². The number of urea groups is 1. The van der Waals surface area contributed by atoms with Crippen LogP contribution in [0.3, 0.4) is 0 Å². The van der Waals surface area contributed by atoms with Crippen LogP contribution in [0.4, 0.5) is 4.79 Å². The molecule has 1 saturated heterocycles. The second-order valence-corrected chi connectivity index (χ2v) is 4.97. The first-order valence-corrected chi connectivity index (χ1v) is 7.09. The van der Waals surface area contributed by atoms with Crippen LogP contribution in [0, 0.1) is 0 Å². The Labute approximate surface area is 119 Å². The highest BCUT2D eigenvalue weighted by molar-refractivity contribution is 5.83. The Kier molecular flexibility index (Phi) is 5.41. The van der Waals surface area contributed by atoms with E-state index >= 15 is 0 Å². The molecule has 0 bridgehead atoms. The summed E-state index contributed by atoms with van der Waals surface area (Å²) in [5.74, 6) is -0.167. The van der Waals surface area contributed by atoms with Gasteiger partial charge in [0.2, 0.25) is 5.91 Å². The highest BCUT2D eigenvalue weighted by atomic mass is 16.2. The van der Waals surface area contributed by atoms with Crippen LogP contribution in [0.1, 0.15) is 24.8 Å². The maximum absolute atomic E-state index is 11.8. The Morgan fingerprint density at radius 1 is 1.00 bits per heavy atom. The Bertz CT molecular complexity index is 442. The molecule has 5 heteroatoms. The molecular formula is C15H21N3O2. The molecule has 1 aromatic carbocycles. The average Bonchev–Trinajstić information content (AvgIpc) is 2.52. The van der Waals surface area contributed by atoms with E-state index in [-0.39, 0.29) is 18.5 Å². The van der Waals surface area contributed by atoms with E-state index in [0.717, 1.165) is 31.5 Å². The fraction of sp³-hybridized carbons (Fsp3) is 0.467. The molecule has 1 aliphatic rings. The first-order valence-electron chi connectivity index (χ1n) is 7.09. The second kappa shape index (κ2) is 7.53. The third kappa shape index (κ3) is 4.57. The topological polar surface area (TPSA) is 61.4 Å². The van der Waals surface area contributed by atoms with Gasteiger partial charge in [-0.15, -0.1) is 0 Å². The molecule has 108 valence electrons. The number of rotatable bonds is 4. The number of piperidine rings is 1. The summed E-state index contributed by atoms with van der Waals surface area (Å²) in [5, 5.41) is 5.45. The summed E-state index contributed by atoms with van der Waals surface area (Å²) in [7, 11) is 0. The number of hydrogen-bond donors (Lipinski definition) is 2. The standard InChI is InChI=1S/C15H21N3O2/c19-14(16-11-13-7-3-1-4-8-13)12-17-15(20)18-9-5-2-6-10-18/h1,3-4,7-8H,2,5-6,9-12H2,(H,16,19)(H,17,20). The molecule has 20 heavy (non-hydrogen) atoms. The zero-order valence-electron chi connectivity index (χ0n) is 11.6. The summed E-state index contributed by atoms with van der Waals surface area (Å²) >= 11 is 0. The predicted molar refractivity (Wildman–Crippen MR) is 77.1 cm³/mol. The molecule has 3 amide bonds. The molecule has 0 spiro atoms. The molecule has 1 fully saturated rings. The second-order valence-electron chi connectivity index (χ2n) is 4.97. The number of benzene rings is 1. The van der Waals surface area contributed by atoms with E-state index in [2.05, 4.69) is 10.6 Å². The van der Waals surface area contributed by atoms with Crippen molar-refractivity contribution in [3.63, 3.8) is 0 Å². The van der Waals surface area contributed by atoms with E-state index in [1.54, 1.807) is 4.90 Å². The zero-order valence-corrected chi connectivity index (χ0v) is 11.6. The Hall–Kier alpha value is -2.04. The van der Waals surface area contributed by atoms with E-state index in [1.807, 2.05) is 30.3 Å². The van der Waals surface area contributed by atoms with Gasteiger partial charge in [0.15, 0.2) is 0 Å². The smallest absolute Gasteiger partial charge is 0.317 e. The summed E-state index contributed by atoms with van der Waals surface area (Å²) in [6, 6.07) is 9.56. The lowest BCUT2D eigenvalue weighted by Gasteiger charge is -2.26. The number of hydrogen-bond acceptors (Lipinski definition) is 2. The van der Waals surface area contributed by atoms with Crippen molar-refractivity contribution in [2.45, 2.75) is 25.8 Å². The molecule has 2 N–H and O–H groups in total. The van der Waals surface area contributed by atoms with Gasteiger partial charge in [-0.05, 0) is 24.8 Å². The summed E-state index contributed by atoms with van der Waals surface area (Å²) in [5.41, 5.74) is 1.04. The maximum Gasteiger partial charge on any atom is 0.317 e. The summed E-state index contributed by atoms with van der Waals surface area (Å²) < 4.78 is 0. The number of amides is 3. The van der Waals surface area contributed by atoms with Crippen molar-refractivity contribution in [3.05, 3.63) is 35.9 Å². The minimum Gasteiger partial charge on any atom is -0.350 e.